The Morgan fingerprint density at radius 1 is 0.969 bits per heavy atom. The molecule has 2 aromatic carbocycles. The number of hydrogen-bond acceptors (Lipinski definition) is 5. The maximum absolute atomic E-state index is 13.3. The monoisotopic (exact) mass is 447 g/mol. The number of nitrogens with one attached hydrogen (secondary N) is 1. The number of aryl methyl sites for hydroxylation is 2. The first-order valence-electron chi connectivity index (χ1n) is 9.98. The van der Waals surface area contributed by atoms with Gasteiger partial charge in [-0.3, -0.25) is 19.0 Å². The molecule has 2 aromatic heterocycles. The number of carbonyl (C=O) groups is 2. The van der Waals surface area contributed by atoms with Crippen molar-refractivity contribution in [2.24, 2.45) is 0 Å². The van der Waals surface area contributed by atoms with Crippen LogP contribution < -0.4 is 16.6 Å². The third-order valence-electron chi connectivity index (χ3n) is 5.38. The van der Waals surface area contributed by atoms with Crippen LogP contribution in [0.15, 0.2) is 63.5 Å². The maximum Gasteiger partial charge on any atom is 0.336 e. The zero-order valence-corrected chi connectivity index (χ0v) is 18.7. The fraction of sp³-hybridized carbons (Fsp3) is 0.167. The van der Waals surface area contributed by atoms with Crippen molar-refractivity contribution in [1.82, 2.24) is 9.13 Å². The van der Waals surface area contributed by atoms with E-state index >= 15 is 0 Å². The maximum atomic E-state index is 13.3. The molecule has 0 bridgehead atoms. The number of amides is 1. The van der Waals surface area contributed by atoms with Crippen molar-refractivity contribution in [3.63, 3.8) is 0 Å². The van der Waals surface area contributed by atoms with Crippen LogP contribution in [0.25, 0.3) is 15.9 Å². The number of rotatable bonds is 5. The lowest BCUT2D eigenvalue weighted by molar-refractivity contribution is -0.116. The molecule has 4 aromatic rings. The van der Waals surface area contributed by atoms with Crippen LogP contribution in [0.3, 0.4) is 0 Å². The third-order valence-corrected chi connectivity index (χ3v) is 6.27. The van der Waals surface area contributed by atoms with E-state index in [0.29, 0.717) is 27.2 Å². The highest BCUT2D eigenvalue weighted by atomic mass is 32.1. The van der Waals surface area contributed by atoms with E-state index < -0.39 is 17.2 Å². The molecule has 0 fully saturated rings. The van der Waals surface area contributed by atoms with Gasteiger partial charge in [0.15, 0.2) is 5.78 Å². The summed E-state index contributed by atoms with van der Waals surface area (Å²) < 4.78 is 2.82. The third kappa shape index (κ3) is 3.92. The number of hydrogen-bond donors (Lipinski definition) is 1. The Kier molecular flexibility index (Phi) is 5.63. The van der Waals surface area contributed by atoms with Gasteiger partial charge < -0.3 is 5.32 Å². The van der Waals surface area contributed by atoms with Crippen molar-refractivity contribution < 1.29 is 9.59 Å². The quantitative estimate of drug-likeness (QED) is 0.473. The fourth-order valence-corrected chi connectivity index (χ4v) is 4.29. The molecular formula is C24H21N3O4S. The highest BCUT2D eigenvalue weighted by molar-refractivity contribution is 7.17. The van der Waals surface area contributed by atoms with E-state index in [1.165, 1.54) is 22.8 Å². The van der Waals surface area contributed by atoms with Gasteiger partial charge in [-0.05, 0) is 79.7 Å². The first-order chi connectivity index (χ1) is 15.3. The second-order valence-electron chi connectivity index (χ2n) is 7.59. The number of thiophene rings is 1. The number of carbonyl (C=O) groups excluding carboxylic acids is 2. The lowest BCUT2D eigenvalue weighted by atomic mass is 10.1. The van der Waals surface area contributed by atoms with E-state index in [-0.39, 0.29) is 12.3 Å². The number of nitrogens with zero attached hydrogens (tertiary/aromatic N) is 2. The van der Waals surface area contributed by atoms with Gasteiger partial charge in [-0.15, -0.1) is 11.3 Å². The minimum Gasteiger partial charge on any atom is -0.325 e. The van der Waals surface area contributed by atoms with E-state index in [0.717, 1.165) is 15.7 Å². The number of aromatic nitrogens is 2. The Morgan fingerprint density at radius 3 is 2.34 bits per heavy atom. The molecule has 4 rings (SSSR count). The number of ketones is 1. The zero-order valence-electron chi connectivity index (χ0n) is 17.8. The largest absolute Gasteiger partial charge is 0.336 e. The number of anilines is 1. The second kappa shape index (κ2) is 8.39. The van der Waals surface area contributed by atoms with Crippen LogP contribution in [0, 0.1) is 13.8 Å². The zero-order chi connectivity index (χ0) is 23.0. The molecule has 0 aliphatic carbocycles. The molecule has 0 saturated carbocycles. The van der Waals surface area contributed by atoms with Gasteiger partial charge >= 0.3 is 5.69 Å². The lowest BCUT2D eigenvalue weighted by Gasteiger charge is -2.13. The van der Waals surface area contributed by atoms with Crippen LogP contribution in [-0.4, -0.2) is 20.8 Å². The van der Waals surface area contributed by atoms with Crippen molar-refractivity contribution in [1.29, 1.82) is 0 Å². The van der Waals surface area contributed by atoms with Crippen LogP contribution in [-0.2, 0) is 11.3 Å². The van der Waals surface area contributed by atoms with Crippen molar-refractivity contribution >= 4 is 38.9 Å². The molecule has 162 valence electrons. The first kappa shape index (κ1) is 21.5. The number of fused-ring (bicyclic) bond motifs is 1. The summed E-state index contributed by atoms with van der Waals surface area (Å²) in [6, 6.07) is 13.6. The summed E-state index contributed by atoms with van der Waals surface area (Å²) in [5.41, 5.74) is 2.97. The summed E-state index contributed by atoms with van der Waals surface area (Å²) in [6.45, 7) is 5.08. The molecule has 2 heterocycles. The van der Waals surface area contributed by atoms with Gasteiger partial charge in [-0.1, -0.05) is 6.07 Å². The summed E-state index contributed by atoms with van der Waals surface area (Å²) in [5.74, 6) is -0.483. The smallest absolute Gasteiger partial charge is 0.325 e. The molecule has 7 nitrogen and oxygen atoms in total. The molecule has 1 amide bonds. The molecule has 0 aliphatic rings. The van der Waals surface area contributed by atoms with Gasteiger partial charge in [0, 0.05) is 11.3 Å². The normalized spacial score (nSPS) is 11.0. The minimum absolute atomic E-state index is 0.0668. The van der Waals surface area contributed by atoms with Gasteiger partial charge in [-0.2, -0.15) is 0 Å². The van der Waals surface area contributed by atoms with Crippen LogP contribution in [0.2, 0.25) is 0 Å². The first-order valence-corrected chi connectivity index (χ1v) is 10.9. The highest BCUT2D eigenvalue weighted by Gasteiger charge is 2.18. The Morgan fingerprint density at radius 2 is 1.69 bits per heavy atom. The molecule has 1 N–H and O–H groups in total. The molecule has 8 heteroatoms. The van der Waals surface area contributed by atoms with Gasteiger partial charge in [0.05, 0.1) is 11.2 Å². The summed E-state index contributed by atoms with van der Waals surface area (Å²) in [7, 11) is 0. The standard InChI is InChI=1S/C24H21N3O4S/c1-14-4-9-19(12-15(14)2)27-23(30)22-20(10-11-32-22)26(24(27)31)13-21(29)25-18-7-5-17(6-8-18)16(3)28/h4-12H,13H2,1-3H3,(H,25,29). The van der Waals surface area contributed by atoms with E-state index in [1.54, 1.807) is 47.8 Å². The summed E-state index contributed by atoms with van der Waals surface area (Å²) >= 11 is 1.23. The van der Waals surface area contributed by atoms with E-state index in [2.05, 4.69) is 5.32 Å². The van der Waals surface area contributed by atoms with Crippen molar-refractivity contribution in [3.8, 4) is 5.69 Å². The molecule has 0 unspecified atom stereocenters. The molecule has 0 spiro atoms. The SMILES string of the molecule is CC(=O)c1ccc(NC(=O)Cn2c(=O)n(-c3ccc(C)c(C)c3)c(=O)c3sccc32)cc1. The van der Waals surface area contributed by atoms with Gasteiger partial charge in [0.1, 0.15) is 11.2 Å². The predicted molar refractivity (Wildman–Crippen MR) is 126 cm³/mol. The molecule has 0 radical (unpaired) electrons. The molecule has 0 saturated heterocycles. The van der Waals surface area contributed by atoms with Gasteiger partial charge in [0.2, 0.25) is 5.91 Å². The summed E-state index contributed by atoms with van der Waals surface area (Å²) in [5, 5.41) is 4.46. The van der Waals surface area contributed by atoms with Crippen molar-refractivity contribution in [3.05, 3.63) is 91.4 Å². The van der Waals surface area contributed by atoms with Crippen LogP contribution in [0.5, 0.6) is 0 Å². The molecule has 0 atom stereocenters. The molecule has 32 heavy (non-hydrogen) atoms. The van der Waals surface area contributed by atoms with Crippen molar-refractivity contribution in [2.45, 2.75) is 27.3 Å². The van der Waals surface area contributed by atoms with Crippen molar-refractivity contribution in [2.75, 3.05) is 5.32 Å². The van der Waals surface area contributed by atoms with Crippen LogP contribution in [0.1, 0.15) is 28.4 Å². The van der Waals surface area contributed by atoms with E-state index in [9.17, 15) is 19.2 Å². The summed E-state index contributed by atoms with van der Waals surface area (Å²) in [6.07, 6.45) is 0. The average Bonchev–Trinajstić information content (AvgIpc) is 3.24. The molecule has 0 aliphatic heterocycles. The van der Waals surface area contributed by atoms with E-state index in [4.69, 9.17) is 0 Å². The van der Waals surface area contributed by atoms with Gasteiger partial charge in [0.25, 0.3) is 5.56 Å². The fourth-order valence-electron chi connectivity index (χ4n) is 3.46. The Hall–Kier alpha value is -3.78. The number of benzene rings is 2. The average molecular weight is 448 g/mol. The Labute approximate surface area is 187 Å². The predicted octanol–water partition coefficient (Wildman–Crippen LogP) is 3.67. The topological polar surface area (TPSA) is 90.2 Å². The molecular weight excluding hydrogens is 426 g/mol. The minimum atomic E-state index is -0.578. The summed E-state index contributed by atoms with van der Waals surface area (Å²) in [4.78, 5) is 50.5. The lowest BCUT2D eigenvalue weighted by Crippen LogP contribution is -2.40. The Balaban J connectivity index is 1.74. The van der Waals surface area contributed by atoms with Crippen LogP contribution in [0.4, 0.5) is 5.69 Å². The second-order valence-corrected chi connectivity index (χ2v) is 8.51. The number of Topliss-reactive ketones (excluding diaryl/α,β-unsaturated/α-hetero) is 1. The van der Waals surface area contributed by atoms with E-state index in [1.807, 2.05) is 19.9 Å². The van der Waals surface area contributed by atoms with Gasteiger partial charge in [-0.25, -0.2) is 9.36 Å². The highest BCUT2D eigenvalue weighted by Crippen LogP contribution is 2.18. The Bertz CT molecular complexity index is 1480. The van der Waals surface area contributed by atoms with Crippen LogP contribution >= 0.6 is 11.3 Å².